The van der Waals surface area contributed by atoms with Gasteiger partial charge in [-0.3, -0.25) is 4.79 Å². The lowest BCUT2D eigenvalue weighted by Gasteiger charge is -2.57. The van der Waals surface area contributed by atoms with E-state index in [1.54, 1.807) is 0 Å². The quantitative estimate of drug-likeness (QED) is 0.867. The number of rotatable bonds is 4. The first kappa shape index (κ1) is 15.3. The van der Waals surface area contributed by atoms with Crippen molar-refractivity contribution in [2.24, 2.45) is 11.3 Å². The van der Waals surface area contributed by atoms with Gasteiger partial charge in [0.05, 0.1) is 6.10 Å². The predicted molar refractivity (Wildman–Crippen MR) is 81.0 cm³/mol. The molecular formula is C17H29NO3. The highest BCUT2D eigenvalue weighted by molar-refractivity contribution is 5.79. The van der Waals surface area contributed by atoms with Crippen molar-refractivity contribution in [1.29, 1.82) is 0 Å². The summed E-state index contributed by atoms with van der Waals surface area (Å²) in [6.07, 6.45) is 9.46. The van der Waals surface area contributed by atoms with Crippen LogP contribution in [0.2, 0.25) is 0 Å². The lowest BCUT2D eigenvalue weighted by atomic mass is 9.55. The zero-order valence-corrected chi connectivity index (χ0v) is 13.2. The second-order valence-corrected chi connectivity index (χ2v) is 6.92. The van der Waals surface area contributed by atoms with E-state index in [0.29, 0.717) is 12.1 Å². The Morgan fingerprint density at radius 1 is 1.24 bits per heavy atom. The molecule has 0 aromatic heterocycles. The Balaban J connectivity index is 1.60. The standard InChI is InChI=1S/C17H29NO3/c1-2-21-15-12-14(17(15)8-4-3-5-9-17)18-16(19)13-6-10-20-11-7-13/h13-15H,2-12H2,1H3,(H,18,19). The summed E-state index contributed by atoms with van der Waals surface area (Å²) in [5.41, 5.74) is 0.231. The molecule has 120 valence electrons. The van der Waals surface area contributed by atoms with Crippen LogP contribution in [0.3, 0.4) is 0 Å². The largest absolute Gasteiger partial charge is 0.381 e. The molecule has 1 aliphatic heterocycles. The number of ether oxygens (including phenoxy) is 2. The van der Waals surface area contributed by atoms with E-state index >= 15 is 0 Å². The van der Waals surface area contributed by atoms with Gasteiger partial charge < -0.3 is 14.8 Å². The van der Waals surface area contributed by atoms with Gasteiger partial charge in [0.25, 0.3) is 0 Å². The number of amides is 1. The molecule has 2 saturated carbocycles. The van der Waals surface area contributed by atoms with Gasteiger partial charge in [0, 0.05) is 37.2 Å². The number of hydrogen-bond donors (Lipinski definition) is 1. The smallest absolute Gasteiger partial charge is 0.223 e. The van der Waals surface area contributed by atoms with E-state index < -0.39 is 0 Å². The van der Waals surface area contributed by atoms with Crippen LogP contribution in [0.25, 0.3) is 0 Å². The third-order valence-corrected chi connectivity index (χ3v) is 5.85. The Morgan fingerprint density at radius 3 is 2.62 bits per heavy atom. The monoisotopic (exact) mass is 295 g/mol. The maximum atomic E-state index is 12.5. The van der Waals surface area contributed by atoms with Crippen LogP contribution in [0, 0.1) is 11.3 Å². The Hall–Kier alpha value is -0.610. The average molecular weight is 295 g/mol. The van der Waals surface area contributed by atoms with Crippen LogP contribution in [0.4, 0.5) is 0 Å². The van der Waals surface area contributed by atoms with Gasteiger partial charge in [0.2, 0.25) is 5.91 Å². The highest BCUT2D eigenvalue weighted by Crippen LogP contribution is 2.53. The van der Waals surface area contributed by atoms with E-state index in [-0.39, 0.29) is 17.2 Å². The summed E-state index contributed by atoms with van der Waals surface area (Å²) in [6.45, 7) is 4.32. The molecule has 2 aliphatic carbocycles. The van der Waals surface area contributed by atoms with E-state index in [1.807, 2.05) is 0 Å². The average Bonchev–Trinajstić information content (AvgIpc) is 2.55. The van der Waals surface area contributed by atoms with Gasteiger partial charge in [-0.15, -0.1) is 0 Å². The molecule has 4 heteroatoms. The van der Waals surface area contributed by atoms with Crippen molar-refractivity contribution in [2.45, 2.75) is 70.4 Å². The molecule has 1 amide bonds. The fourth-order valence-corrected chi connectivity index (χ4v) is 4.52. The van der Waals surface area contributed by atoms with Crippen molar-refractivity contribution >= 4 is 5.91 Å². The van der Waals surface area contributed by atoms with Crippen LogP contribution in [-0.4, -0.2) is 37.9 Å². The summed E-state index contributed by atoms with van der Waals surface area (Å²) < 4.78 is 11.3. The molecular weight excluding hydrogens is 266 g/mol. The van der Waals surface area contributed by atoms with Gasteiger partial charge in [-0.25, -0.2) is 0 Å². The molecule has 1 heterocycles. The van der Waals surface area contributed by atoms with Crippen molar-refractivity contribution in [1.82, 2.24) is 5.32 Å². The van der Waals surface area contributed by atoms with E-state index in [4.69, 9.17) is 9.47 Å². The van der Waals surface area contributed by atoms with Gasteiger partial charge >= 0.3 is 0 Å². The van der Waals surface area contributed by atoms with Crippen LogP contribution in [-0.2, 0) is 14.3 Å². The first-order chi connectivity index (χ1) is 10.3. The zero-order valence-electron chi connectivity index (χ0n) is 13.2. The summed E-state index contributed by atoms with van der Waals surface area (Å²) in [4.78, 5) is 12.5. The molecule has 3 rings (SSSR count). The first-order valence-corrected chi connectivity index (χ1v) is 8.76. The first-order valence-electron chi connectivity index (χ1n) is 8.76. The van der Waals surface area contributed by atoms with Crippen molar-refractivity contribution in [2.75, 3.05) is 19.8 Å². The molecule has 2 unspecified atom stereocenters. The number of hydrogen-bond acceptors (Lipinski definition) is 3. The Labute approximate surface area is 127 Å². The maximum Gasteiger partial charge on any atom is 0.223 e. The minimum Gasteiger partial charge on any atom is -0.381 e. The molecule has 1 saturated heterocycles. The molecule has 4 nitrogen and oxygen atoms in total. The fraction of sp³-hybridized carbons (Fsp3) is 0.941. The fourth-order valence-electron chi connectivity index (χ4n) is 4.52. The van der Waals surface area contributed by atoms with E-state index in [2.05, 4.69) is 12.2 Å². The Morgan fingerprint density at radius 2 is 1.95 bits per heavy atom. The van der Waals surface area contributed by atoms with E-state index in [0.717, 1.165) is 39.1 Å². The molecule has 2 atom stereocenters. The van der Waals surface area contributed by atoms with Crippen molar-refractivity contribution in [3.8, 4) is 0 Å². The van der Waals surface area contributed by atoms with E-state index in [9.17, 15) is 4.79 Å². The number of carbonyl (C=O) groups excluding carboxylic acids is 1. The molecule has 1 spiro atoms. The van der Waals surface area contributed by atoms with Gasteiger partial charge in [-0.05, 0) is 39.0 Å². The van der Waals surface area contributed by atoms with Crippen LogP contribution in [0.5, 0.6) is 0 Å². The van der Waals surface area contributed by atoms with Crippen LogP contribution in [0.15, 0.2) is 0 Å². The summed E-state index contributed by atoms with van der Waals surface area (Å²) in [6, 6.07) is 0.338. The van der Waals surface area contributed by atoms with Crippen molar-refractivity contribution in [3.63, 3.8) is 0 Å². The summed E-state index contributed by atoms with van der Waals surface area (Å²) in [5.74, 6) is 0.411. The molecule has 0 aromatic rings. The second kappa shape index (κ2) is 6.66. The highest BCUT2D eigenvalue weighted by Gasteiger charge is 2.56. The van der Waals surface area contributed by atoms with Gasteiger partial charge in [-0.1, -0.05) is 19.3 Å². The molecule has 3 aliphatic rings. The van der Waals surface area contributed by atoms with E-state index in [1.165, 1.54) is 32.1 Å². The molecule has 1 N–H and O–H groups in total. The number of carbonyl (C=O) groups is 1. The lowest BCUT2D eigenvalue weighted by Crippen LogP contribution is -2.66. The minimum absolute atomic E-state index is 0.158. The molecule has 3 fully saturated rings. The number of nitrogens with one attached hydrogen (secondary N) is 1. The third kappa shape index (κ3) is 2.98. The zero-order chi connectivity index (χ0) is 14.7. The summed E-state index contributed by atoms with van der Waals surface area (Å²) in [5, 5.41) is 3.36. The van der Waals surface area contributed by atoms with Gasteiger partial charge in [0.15, 0.2) is 0 Å². The van der Waals surface area contributed by atoms with Crippen LogP contribution in [0.1, 0.15) is 58.3 Å². The molecule has 0 bridgehead atoms. The third-order valence-electron chi connectivity index (χ3n) is 5.85. The minimum atomic E-state index is 0.158. The highest BCUT2D eigenvalue weighted by atomic mass is 16.5. The second-order valence-electron chi connectivity index (χ2n) is 6.92. The SMILES string of the molecule is CCOC1CC(NC(=O)C2CCOCC2)C12CCCCC2. The van der Waals surface area contributed by atoms with Crippen LogP contribution < -0.4 is 5.32 Å². The van der Waals surface area contributed by atoms with Gasteiger partial charge in [-0.2, -0.15) is 0 Å². The van der Waals surface area contributed by atoms with Crippen molar-refractivity contribution < 1.29 is 14.3 Å². The maximum absolute atomic E-state index is 12.5. The van der Waals surface area contributed by atoms with Gasteiger partial charge in [0.1, 0.15) is 0 Å². The molecule has 21 heavy (non-hydrogen) atoms. The summed E-state index contributed by atoms with van der Waals surface area (Å²) >= 11 is 0. The van der Waals surface area contributed by atoms with Crippen LogP contribution >= 0.6 is 0 Å². The Kier molecular flexibility index (Phi) is 4.85. The Bertz CT molecular complexity index is 359. The molecule has 0 aromatic carbocycles. The lowest BCUT2D eigenvalue weighted by molar-refractivity contribution is -0.159. The van der Waals surface area contributed by atoms with Crippen molar-refractivity contribution in [3.05, 3.63) is 0 Å². The normalized spacial score (nSPS) is 32.6. The predicted octanol–water partition coefficient (Wildman–Crippen LogP) is 2.66. The summed E-state index contributed by atoms with van der Waals surface area (Å²) in [7, 11) is 0. The molecule has 0 radical (unpaired) electrons. The topological polar surface area (TPSA) is 47.6 Å².